The summed E-state index contributed by atoms with van der Waals surface area (Å²) >= 11 is 3.40. The Kier molecular flexibility index (Phi) is 5.35. The van der Waals surface area contributed by atoms with Crippen molar-refractivity contribution >= 4 is 27.5 Å². The van der Waals surface area contributed by atoms with Crippen LogP contribution in [0, 0.1) is 11.8 Å². The molecule has 0 fully saturated rings. The molecule has 0 saturated carbocycles. The van der Waals surface area contributed by atoms with Crippen LogP contribution in [0.1, 0.15) is 11.3 Å². The molecule has 0 unspecified atom stereocenters. The Balaban J connectivity index is 1.42. The van der Waals surface area contributed by atoms with Crippen molar-refractivity contribution in [2.45, 2.75) is 13.0 Å². The average molecular weight is 457 g/mol. The Morgan fingerprint density at radius 2 is 1.97 bits per heavy atom. The molecular weight excluding hydrogens is 442 g/mol. The van der Waals surface area contributed by atoms with Gasteiger partial charge in [0.15, 0.2) is 0 Å². The predicted molar refractivity (Wildman–Crippen MR) is 108 cm³/mol. The van der Waals surface area contributed by atoms with E-state index >= 15 is 0 Å². The largest absolute Gasteiger partial charge is 0.352 e. The van der Waals surface area contributed by atoms with E-state index in [2.05, 4.69) is 31.2 Å². The highest BCUT2D eigenvalue weighted by Gasteiger charge is 2.11. The van der Waals surface area contributed by atoms with Crippen LogP contribution in [0.2, 0.25) is 0 Å². The van der Waals surface area contributed by atoms with Gasteiger partial charge in [-0.05, 0) is 51.3 Å². The summed E-state index contributed by atoms with van der Waals surface area (Å²) in [6, 6.07) is 11.0. The number of nitrogens with one attached hydrogen (secondary N) is 1. The van der Waals surface area contributed by atoms with Crippen molar-refractivity contribution < 1.29 is 13.6 Å². The Morgan fingerprint density at radius 3 is 2.76 bits per heavy atom. The highest BCUT2D eigenvalue weighted by atomic mass is 79.9. The van der Waals surface area contributed by atoms with Gasteiger partial charge >= 0.3 is 0 Å². The summed E-state index contributed by atoms with van der Waals surface area (Å²) < 4.78 is 30.4. The van der Waals surface area contributed by atoms with Gasteiger partial charge in [-0.1, -0.05) is 12.1 Å². The summed E-state index contributed by atoms with van der Waals surface area (Å²) in [6.45, 7) is 0.182. The number of aromatic nitrogens is 3. The summed E-state index contributed by atoms with van der Waals surface area (Å²) in [5.41, 5.74) is 2.79. The molecular formula is C21H15BrF2N4O. The van der Waals surface area contributed by atoms with Crippen LogP contribution in [0.15, 0.2) is 65.5 Å². The van der Waals surface area contributed by atoms with Gasteiger partial charge in [-0.3, -0.25) is 4.79 Å². The Morgan fingerprint density at radius 1 is 1.10 bits per heavy atom. The summed E-state index contributed by atoms with van der Waals surface area (Å²) in [7, 11) is 0. The minimum Gasteiger partial charge on any atom is -0.352 e. The molecule has 0 radical (unpaired) electrons. The van der Waals surface area contributed by atoms with Crippen molar-refractivity contribution in [1.82, 2.24) is 19.7 Å². The van der Waals surface area contributed by atoms with Gasteiger partial charge in [0.1, 0.15) is 11.5 Å². The molecule has 3 aromatic heterocycles. The lowest BCUT2D eigenvalue weighted by molar-refractivity contribution is -0.120. The molecule has 1 amide bonds. The van der Waals surface area contributed by atoms with Crippen molar-refractivity contribution in [1.29, 1.82) is 0 Å². The number of carbonyl (C=O) groups excluding carboxylic acids is 1. The molecule has 4 rings (SSSR count). The first-order chi connectivity index (χ1) is 14.0. The number of hydrogen-bond acceptors (Lipinski definition) is 3. The molecule has 29 heavy (non-hydrogen) atoms. The minimum absolute atomic E-state index is 0.147. The van der Waals surface area contributed by atoms with E-state index in [0.717, 1.165) is 15.8 Å². The number of carbonyl (C=O) groups is 1. The first-order valence-electron chi connectivity index (χ1n) is 8.78. The van der Waals surface area contributed by atoms with Gasteiger partial charge in [0, 0.05) is 41.2 Å². The van der Waals surface area contributed by atoms with Crippen molar-refractivity contribution in [2.75, 3.05) is 0 Å². The molecule has 0 bridgehead atoms. The maximum atomic E-state index is 14.4. The highest BCUT2D eigenvalue weighted by Crippen LogP contribution is 2.23. The molecule has 0 aliphatic heterocycles. The lowest BCUT2D eigenvalue weighted by Gasteiger charge is -2.08. The van der Waals surface area contributed by atoms with E-state index in [9.17, 15) is 13.6 Å². The summed E-state index contributed by atoms with van der Waals surface area (Å²) in [5, 5.41) is 2.78. The highest BCUT2D eigenvalue weighted by molar-refractivity contribution is 9.10. The van der Waals surface area contributed by atoms with Gasteiger partial charge in [0.2, 0.25) is 11.9 Å². The second-order valence-corrected chi connectivity index (χ2v) is 7.38. The molecule has 0 saturated heterocycles. The molecule has 3 heterocycles. The Bertz CT molecular complexity index is 1210. The van der Waals surface area contributed by atoms with Gasteiger partial charge < -0.3 is 9.72 Å². The number of halogens is 3. The molecule has 8 heteroatoms. The zero-order chi connectivity index (χ0) is 20.4. The third-order valence-electron chi connectivity index (χ3n) is 4.45. The van der Waals surface area contributed by atoms with E-state index in [4.69, 9.17) is 0 Å². The zero-order valence-corrected chi connectivity index (χ0v) is 16.7. The summed E-state index contributed by atoms with van der Waals surface area (Å²) in [5.74, 6) is -1.36. The zero-order valence-electron chi connectivity index (χ0n) is 15.1. The van der Waals surface area contributed by atoms with Gasteiger partial charge in [0.25, 0.3) is 0 Å². The van der Waals surface area contributed by atoms with Crippen molar-refractivity contribution in [3.63, 3.8) is 0 Å². The van der Waals surface area contributed by atoms with E-state index in [0.29, 0.717) is 11.1 Å². The fourth-order valence-electron chi connectivity index (χ4n) is 3.04. The standard InChI is InChI=1S/C21H15BrF2N4O/c22-15-2-4-20-26-11-16(28(20)12-15)9-21(29)27-10-13-1-3-17(18(23)7-13)14-5-6-25-19(24)8-14/h1-8,11-12H,9-10H2,(H,27,29). The van der Waals surface area contributed by atoms with Gasteiger partial charge in [-0.15, -0.1) is 0 Å². The smallest absolute Gasteiger partial charge is 0.226 e. The topological polar surface area (TPSA) is 59.3 Å². The first-order valence-corrected chi connectivity index (χ1v) is 9.57. The first kappa shape index (κ1) is 19.2. The van der Waals surface area contributed by atoms with Crippen LogP contribution >= 0.6 is 15.9 Å². The van der Waals surface area contributed by atoms with Crippen molar-refractivity contribution in [3.8, 4) is 11.1 Å². The molecule has 5 nitrogen and oxygen atoms in total. The van der Waals surface area contributed by atoms with Crippen molar-refractivity contribution in [3.05, 3.63) is 88.6 Å². The Hall–Kier alpha value is -3.13. The second kappa shape index (κ2) is 8.08. The number of fused-ring (bicyclic) bond motifs is 1. The van der Waals surface area contributed by atoms with Crippen LogP contribution in [0.5, 0.6) is 0 Å². The van der Waals surface area contributed by atoms with Crippen molar-refractivity contribution in [2.24, 2.45) is 0 Å². The third-order valence-corrected chi connectivity index (χ3v) is 4.92. The fourth-order valence-corrected chi connectivity index (χ4v) is 3.37. The van der Waals surface area contributed by atoms with Gasteiger partial charge in [-0.25, -0.2) is 14.4 Å². The van der Waals surface area contributed by atoms with Gasteiger partial charge in [-0.2, -0.15) is 4.39 Å². The molecule has 146 valence electrons. The Labute approximate surface area is 173 Å². The summed E-state index contributed by atoms with van der Waals surface area (Å²) in [6.07, 6.45) is 4.94. The molecule has 0 spiro atoms. The fraction of sp³-hybridized carbons (Fsp3) is 0.0952. The van der Waals surface area contributed by atoms with Crippen LogP contribution < -0.4 is 5.32 Å². The number of imidazole rings is 1. The van der Waals surface area contributed by atoms with E-state index in [1.807, 2.05) is 22.7 Å². The number of hydrogen-bond donors (Lipinski definition) is 1. The third kappa shape index (κ3) is 4.32. The second-order valence-electron chi connectivity index (χ2n) is 6.46. The number of benzene rings is 1. The quantitative estimate of drug-likeness (QED) is 0.455. The normalized spacial score (nSPS) is 11.0. The maximum Gasteiger partial charge on any atom is 0.226 e. The lowest BCUT2D eigenvalue weighted by Crippen LogP contribution is -2.25. The van der Waals surface area contributed by atoms with Crippen LogP contribution in [-0.4, -0.2) is 20.3 Å². The molecule has 0 aliphatic carbocycles. The molecule has 0 aliphatic rings. The SMILES string of the molecule is O=C(Cc1cnc2ccc(Br)cn12)NCc1ccc(-c2ccnc(F)c2)c(F)c1. The van der Waals surface area contributed by atoms with Crippen LogP contribution in [-0.2, 0) is 17.8 Å². The predicted octanol–water partition coefficient (Wildman–Crippen LogP) is 4.30. The number of nitrogens with zero attached hydrogens (tertiary/aromatic N) is 3. The maximum absolute atomic E-state index is 14.4. The van der Waals surface area contributed by atoms with Crippen LogP contribution in [0.4, 0.5) is 8.78 Å². The lowest BCUT2D eigenvalue weighted by atomic mass is 10.0. The molecule has 1 aromatic carbocycles. The van der Waals surface area contributed by atoms with Gasteiger partial charge in [0.05, 0.1) is 12.1 Å². The molecule has 4 aromatic rings. The number of amides is 1. The summed E-state index contributed by atoms with van der Waals surface area (Å²) in [4.78, 5) is 20.1. The van der Waals surface area contributed by atoms with Crippen LogP contribution in [0.3, 0.4) is 0 Å². The van der Waals surface area contributed by atoms with E-state index in [-0.39, 0.29) is 24.4 Å². The van der Waals surface area contributed by atoms with E-state index in [1.54, 1.807) is 18.3 Å². The average Bonchev–Trinajstić information content (AvgIpc) is 3.08. The molecule has 1 N–H and O–H groups in total. The number of rotatable bonds is 5. The molecule has 0 atom stereocenters. The number of pyridine rings is 2. The van der Waals surface area contributed by atoms with E-state index < -0.39 is 11.8 Å². The van der Waals surface area contributed by atoms with E-state index in [1.165, 1.54) is 24.4 Å². The minimum atomic E-state index is -0.669. The monoisotopic (exact) mass is 456 g/mol. The van der Waals surface area contributed by atoms with Crippen LogP contribution in [0.25, 0.3) is 16.8 Å².